The van der Waals surface area contributed by atoms with Gasteiger partial charge in [-0.15, -0.1) is 0 Å². The molecule has 0 unspecified atom stereocenters. The smallest absolute Gasteiger partial charge is 0.154 e. The van der Waals surface area contributed by atoms with E-state index in [1.165, 1.54) is 0 Å². The van der Waals surface area contributed by atoms with Crippen molar-refractivity contribution in [3.63, 3.8) is 0 Å². The van der Waals surface area contributed by atoms with Gasteiger partial charge >= 0.3 is 0 Å². The molecule has 0 saturated carbocycles. The molecule has 0 atom stereocenters. The van der Waals surface area contributed by atoms with Crippen LogP contribution >= 0.6 is 0 Å². The SMILES string of the molecule is COCn1c(-n2cccn2)c(C=O)c2ccccc21. The molecule has 0 fully saturated rings. The topological polar surface area (TPSA) is 49.0 Å². The first kappa shape index (κ1) is 11.7. The highest BCUT2D eigenvalue weighted by atomic mass is 16.5. The first-order chi connectivity index (χ1) is 9.36. The second-order valence-electron chi connectivity index (χ2n) is 4.17. The summed E-state index contributed by atoms with van der Waals surface area (Å²) in [4.78, 5) is 11.5. The van der Waals surface area contributed by atoms with Crippen molar-refractivity contribution in [1.82, 2.24) is 14.3 Å². The molecule has 0 aliphatic carbocycles. The van der Waals surface area contributed by atoms with Gasteiger partial charge in [-0.3, -0.25) is 4.79 Å². The number of aldehydes is 1. The number of ether oxygens (including phenoxy) is 1. The molecule has 0 saturated heterocycles. The second kappa shape index (κ2) is 4.70. The molecule has 5 nitrogen and oxygen atoms in total. The Kier molecular flexibility index (Phi) is 2.89. The first-order valence-corrected chi connectivity index (χ1v) is 5.92. The summed E-state index contributed by atoms with van der Waals surface area (Å²) >= 11 is 0. The number of methoxy groups -OCH3 is 1. The Labute approximate surface area is 110 Å². The van der Waals surface area contributed by atoms with Gasteiger partial charge in [0.2, 0.25) is 0 Å². The maximum atomic E-state index is 11.5. The lowest BCUT2D eigenvalue weighted by molar-refractivity contribution is 0.112. The third-order valence-corrected chi connectivity index (χ3v) is 3.08. The number of hydrogen-bond acceptors (Lipinski definition) is 3. The third kappa shape index (κ3) is 1.75. The minimum Gasteiger partial charge on any atom is -0.364 e. The fourth-order valence-corrected chi connectivity index (χ4v) is 2.33. The molecule has 0 amide bonds. The molecule has 0 spiro atoms. The summed E-state index contributed by atoms with van der Waals surface area (Å²) in [6.45, 7) is 0.365. The first-order valence-electron chi connectivity index (χ1n) is 5.92. The predicted octanol–water partition coefficient (Wildman–Crippen LogP) is 2.24. The van der Waals surface area contributed by atoms with Gasteiger partial charge in [0.15, 0.2) is 6.29 Å². The van der Waals surface area contributed by atoms with Crippen molar-refractivity contribution >= 4 is 17.2 Å². The van der Waals surface area contributed by atoms with E-state index in [1.54, 1.807) is 18.0 Å². The molecule has 96 valence electrons. The van der Waals surface area contributed by atoms with Gasteiger partial charge in [0, 0.05) is 24.9 Å². The van der Waals surface area contributed by atoms with E-state index in [-0.39, 0.29) is 0 Å². The molecular weight excluding hydrogens is 242 g/mol. The molecule has 19 heavy (non-hydrogen) atoms. The molecule has 0 aliphatic rings. The molecule has 0 N–H and O–H groups in total. The van der Waals surface area contributed by atoms with Crippen molar-refractivity contribution in [3.05, 3.63) is 48.3 Å². The number of hydrogen-bond donors (Lipinski definition) is 0. The van der Waals surface area contributed by atoms with E-state index in [0.29, 0.717) is 12.3 Å². The monoisotopic (exact) mass is 255 g/mol. The molecule has 3 aromatic rings. The predicted molar refractivity (Wildman–Crippen MR) is 71.5 cm³/mol. The summed E-state index contributed by atoms with van der Waals surface area (Å²) in [6, 6.07) is 9.57. The van der Waals surface area contributed by atoms with Crippen LogP contribution in [0.1, 0.15) is 10.4 Å². The molecule has 0 radical (unpaired) electrons. The van der Waals surface area contributed by atoms with Crippen LogP contribution in [0.25, 0.3) is 16.7 Å². The number of nitrogens with zero attached hydrogens (tertiary/aromatic N) is 3. The highest BCUT2D eigenvalue weighted by Gasteiger charge is 2.17. The van der Waals surface area contributed by atoms with E-state index in [9.17, 15) is 4.79 Å². The van der Waals surface area contributed by atoms with Gasteiger partial charge in [-0.25, -0.2) is 4.68 Å². The van der Waals surface area contributed by atoms with E-state index in [1.807, 2.05) is 41.1 Å². The van der Waals surface area contributed by atoms with Crippen molar-refractivity contribution in [2.24, 2.45) is 0 Å². The van der Waals surface area contributed by atoms with Gasteiger partial charge < -0.3 is 9.30 Å². The Bertz CT molecular complexity index is 714. The number of aromatic nitrogens is 3. The van der Waals surface area contributed by atoms with Crippen LogP contribution in [0.2, 0.25) is 0 Å². The van der Waals surface area contributed by atoms with Crippen LogP contribution in [0.15, 0.2) is 42.7 Å². The maximum Gasteiger partial charge on any atom is 0.154 e. The lowest BCUT2D eigenvalue weighted by Crippen LogP contribution is -2.09. The summed E-state index contributed by atoms with van der Waals surface area (Å²) in [5.41, 5.74) is 1.58. The van der Waals surface area contributed by atoms with Crippen LogP contribution in [0, 0.1) is 0 Å². The average molecular weight is 255 g/mol. The lowest BCUT2D eigenvalue weighted by Gasteiger charge is -2.09. The van der Waals surface area contributed by atoms with Gasteiger partial charge in [-0.2, -0.15) is 5.10 Å². The molecular formula is C14H13N3O2. The van der Waals surface area contributed by atoms with E-state index in [2.05, 4.69) is 5.10 Å². The van der Waals surface area contributed by atoms with Gasteiger partial charge in [0.25, 0.3) is 0 Å². The van der Waals surface area contributed by atoms with Crippen LogP contribution in [-0.4, -0.2) is 27.7 Å². The second-order valence-corrected chi connectivity index (χ2v) is 4.17. The third-order valence-electron chi connectivity index (χ3n) is 3.08. The van der Waals surface area contributed by atoms with Crippen molar-refractivity contribution in [3.8, 4) is 5.82 Å². The van der Waals surface area contributed by atoms with Gasteiger partial charge in [0.05, 0.1) is 11.1 Å². The highest BCUT2D eigenvalue weighted by molar-refractivity contribution is 6.01. The normalized spacial score (nSPS) is 11.0. The minimum atomic E-state index is 0.365. The van der Waals surface area contributed by atoms with Gasteiger partial charge in [-0.1, -0.05) is 18.2 Å². The van der Waals surface area contributed by atoms with Gasteiger partial charge in [-0.05, 0) is 12.1 Å². The Morgan fingerprint density at radius 3 is 2.84 bits per heavy atom. The van der Waals surface area contributed by atoms with E-state index < -0.39 is 0 Å². The number of carbonyl (C=O) groups excluding carboxylic acids is 1. The van der Waals surface area contributed by atoms with Crippen LogP contribution in [0.3, 0.4) is 0 Å². The average Bonchev–Trinajstić information content (AvgIpc) is 3.05. The fourth-order valence-electron chi connectivity index (χ4n) is 2.33. The quantitative estimate of drug-likeness (QED) is 0.672. The zero-order valence-corrected chi connectivity index (χ0v) is 10.5. The highest BCUT2D eigenvalue weighted by Crippen LogP contribution is 2.27. The summed E-state index contributed by atoms with van der Waals surface area (Å²) < 4.78 is 8.86. The van der Waals surface area contributed by atoms with Crippen molar-refractivity contribution in [2.45, 2.75) is 6.73 Å². The van der Waals surface area contributed by atoms with Crippen LogP contribution in [0.5, 0.6) is 0 Å². The van der Waals surface area contributed by atoms with Crippen molar-refractivity contribution in [1.29, 1.82) is 0 Å². The van der Waals surface area contributed by atoms with Crippen LogP contribution in [-0.2, 0) is 11.5 Å². The van der Waals surface area contributed by atoms with E-state index in [4.69, 9.17) is 4.74 Å². The Balaban J connectivity index is 2.40. The number of carbonyl (C=O) groups is 1. The van der Waals surface area contributed by atoms with E-state index >= 15 is 0 Å². The number of fused-ring (bicyclic) bond motifs is 1. The Hall–Kier alpha value is -2.40. The molecule has 2 heterocycles. The summed E-state index contributed by atoms with van der Waals surface area (Å²) in [7, 11) is 1.63. The zero-order valence-electron chi connectivity index (χ0n) is 10.5. The largest absolute Gasteiger partial charge is 0.364 e. The Morgan fingerprint density at radius 2 is 2.16 bits per heavy atom. The lowest BCUT2D eigenvalue weighted by atomic mass is 10.2. The molecule has 2 aromatic heterocycles. The van der Waals surface area contributed by atoms with Crippen LogP contribution in [0.4, 0.5) is 0 Å². The number of benzene rings is 1. The molecule has 1 aromatic carbocycles. The maximum absolute atomic E-state index is 11.5. The van der Waals surface area contributed by atoms with Crippen molar-refractivity contribution in [2.75, 3.05) is 7.11 Å². The number of para-hydroxylation sites is 1. The molecule has 3 rings (SSSR count). The molecule has 5 heteroatoms. The zero-order chi connectivity index (χ0) is 13.2. The summed E-state index contributed by atoms with van der Waals surface area (Å²) in [5.74, 6) is 0.725. The number of rotatable bonds is 4. The van der Waals surface area contributed by atoms with Gasteiger partial charge in [0.1, 0.15) is 12.5 Å². The summed E-state index contributed by atoms with van der Waals surface area (Å²) in [6.07, 6.45) is 4.36. The minimum absolute atomic E-state index is 0.365. The standard InChI is InChI=1S/C14H13N3O2/c1-19-10-16-13-6-3-2-5-11(13)12(9-18)14(16)17-8-4-7-15-17/h2-9H,10H2,1H3. The van der Waals surface area contributed by atoms with Crippen LogP contribution < -0.4 is 0 Å². The fraction of sp³-hybridized carbons (Fsp3) is 0.143. The van der Waals surface area contributed by atoms with E-state index in [0.717, 1.165) is 23.0 Å². The molecule has 0 aliphatic heterocycles. The molecule has 0 bridgehead atoms. The Morgan fingerprint density at radius 1 is 1.32 bits per heavy atom. The van der Waals surface area contributed by atoms with Crippen molar-refractivity contribution < 1.29 is 9.53 Å². The summed E-state index contributed by atoms with van der Waals surface area (Å²) in [5, 5.41) is 5.12.